The van der Waals surface area contributed by atoms with Crippen molar-refractivity contribution in [3.05, 3.63) is 49.9 Å². The Balaban J connectivity index is 1.99. The number of halogens is 2. The summed E-state index contributed by atoms with van der Waals surface area (Å²) < 4.78 is 7.63. The average molecular weight is 408 g/mol. The van der Waals surface area contributed by atoms with Gasteiger partial charge in [0, 0.05) is 13.7 Å². The smallest absolute Gasteiger partial charge is 0.129 e. The molecule has 1 heterocycles. The second-order valence-corrected chi connectivity index (χ2v) is 5.53. The van der Waals surface area contributed by atoms with Crippen LogP contribution in [0.15, 0.2) is 39.2 Å². The van der Waals surface area contributed by atoms with Crippen LogP contribution in [0.1, 0.15) is 11.5 Å². The number of aliphatic hydroxyl groups is 1. The monoisotopic (exact) mass is 407 g/mol. The van der Waals surface area contributed by atoms with E-state index in [0.717, 1.165) is 15.9 Å². The van der Waals surface area contributed by atoms with Gasteiger partial charge in [0.25, 0.3) is 0 Å². The van der Waals surface area contributed by atoms with Crippen LogP contribution in [0.4, 0.5) is 5.69 Å². The van der Waals surface area contributed by atoms with Gasteiger partial charge in [0.1, 0.15) is 18.1 Å². The molecule has 0 saturated heterocycles. The van der Waals surface area contributed by atoms with Gasteiger partial charge in [0.05, 0.1) is 6.54 Å². The second-order valence-electron chi connectivity index (χ2n) is 3.51. The number of hydrogen-bond acceptors (Lipinski definition) is 3. The molecule has 0 amide bonds. The van der Waals surface area contributed by atoms with Crippen LogP contribution in [-0.2, 0) is 13.2 Å². The third kappa shape index (κ3) is 3.46. The van der Waals surface area contributed by atoms with Gasteiger partial charge in [0.2, 0.25) is 0 Å². The maximum atomic E-state index is 8.88. The Hall–Kier alpha value is -0.530. The number of benzene rings is 1. The summed E-state index contributed by atoms with van der Waals surface area (Å²) in [5, 5.41) is 12.1. The molecular formula is C12H11BrINO2. The topological polar surface area (TPSA) is 45.4 Å². The molecule has 1 aromatic heterocycles. The second kappa shape index (κ2) is 5.88. The van der Waals surface area contributed by atoms with Gasteiger partial charge in [-0.1, -0.05) is 0 Å². The quantitative estimate of drug-likeness (QED) is 0.758. The highest BCUT2D eigenvalue weighted by Gasteiger charge is 2.02. The zero-order chi connectivity index (χ0) is 12.3. The summed E-state index contributed by atoms with van der Waals surface area (Å²) in [7, 11) is 0. The van der Waals surface area contributed by atoms with Crippen molar-refractivity contribution in [2.45, 2.75) is 13.2 Å². The van der Waals surface area contributed by atoms with E-state index < -0.39 is 0 Å². The predicted octanol–water partition coefficient (Wildman–Crippen LogP) is 3.75. The molecule has 3 nitrogen and oxygen atoms in total. The van der Waals surface area contributed by atoms with Gasteiger partial charge in [-0.15, -0.1) is 0 Å². The Morgan fingerprint density at radius 2 is 2.00 bits per heavy atom. The highest BCUT2D eigenvalue weighted by atomic mass is 127. The molecule has 0 spiro atoms. The van der Waals surface area contributed by atoms with Crippen LogP contribution in [0, 0.1) is 3.57 Å². The fourth-order valence-electron chi connectivity index (χ4n) is 1.40. The van der Waals surface area contributed by atoms with Gasteiger partial charge in [-0.2, -0.15) is 0 Å². The molecule has 2 rings (SSSR count). The molecule has 17 heavy (non-hydrogen) atoms. The molecule has 0 saturated carbocycles. The lowest BCUT2D eigenvalue weighted by Gasteiger charge is -2.05. The van der Waals surface area contributed by atoms with E-state index in [4.69, 9.17) is 9.52 Å². The first-order valence-electron chi connectivity index (χ1n) is 5.06. The average Bonchev–Trinajstić information content (AvgIpc) is 2.79. The minimum atomic E-state index is -0.0604. The zero-order valence-electron chi connectivity index (χ0n) is 8.91. The van der Waals surface area contributed by atoms with E-state index in [1.54, 1.807) is 6.07 Å². The lowest BCUT2D eigenvalue weighted by atomic mass is 10.3. The van der Waals surface area contributed by atoms with Gasteiger partial charge < -0.3 is 14.8 Å². The van der Waals surface area contributed by atoms with E-state index in [1.165, 1.54) is 3.57 Å². The molecule has 0 aliphatic rings. The van der Waals surface area contributed by atoms with E-state index in [-0.39, 0.29) is 6.61 Å². The first kappa shape index (κ1) is 12.9. The molecule has 0 radical (unpaired) electrons. The van der Waals surface area contributed by atoms with Gasteiger partial charge in [0.15, 0.2) is 0 Å². The van der Waals surface area contributed by atoms with E-state index in [2.05, 4.69) is 43.8 Å². The van der Waals surface area contributed by atoms with E-state index in [0.29, 0.717) is 12.3 Å². The fourth-order valence-corrected chi connectivity index (χ4v) is 2.11. The Labute approximate surface area is 121 Å². The van der Waals surface area contributed by atoms with Crippen molar-refractivity contribution >= 4 is 44.2 Å². The molecule has 90 valence electrons. The standard InChI is InChI=1S/C12H11BrINO2/c13-11-5-8(1-4-12(11)14)15-6-9-2-3-10(7-16)17-9/h1-5,15-16H,6-7H2. The van der Waals surface area contributed by atoms with Crippen molar-refractivity contribution in [3.63, 3.8) is 0 Å². The van der Waals surface area contributed by atoms with Crippen LogP contribution in [0.25, 0.3) is 0 Å². The van der Waals surface area contributed by atoms with Gasteiger partial charge in [-0.05, 0) is 68.9 Å². The third-order valence-electron chi connectivity index (χ3n) is 2.26. The molecule has 2 aromatic rings. The summed E-state index contributed by atoms with van der Waals surface area (Å²) in [6, 6.07) is 9.72. The summed E-state index contributed by atoms with van der Waals surface area (Å²) in [4.78, 5) is 0. The highest BCUT2D eigenvalue weighted by Crippen LogP contribution is 2.23. The SMILES string of the molecule is OCc1ccc(CNc2ccc(I)c(Br)c2)o1. The van der Waals surface area contributed by atoms with Crippen LogP contribution >= 0.6 is 38.5 Å². The molecule has 0 aliphatic carbocycles. The maximum Gasteiger partial charge on any atom is 0.129 e. The largest absolute Gasteiger partial charge is 0.462 e. The summed E-state index contributed by atoms with van der Waals surface area (Å²) >= 11 is 5.75. The summed E-state index contributed by atoms with van der Waals surface area (Å²) in [5.41, 5.74) is 1.03. The minimum Gasteiger partial charge on any atom is -0.462 e. The van der Waals surface area contributed by atoms with Gasteiger partial charge in [-0.3, -0.25) is 0 Å². The first-order chi connectivity index (χ1) is 8.19. The van der Waals surface area contributed by atoms with E-state index in [1.807, 2.05) is 24.3 Å². The summed E-state index contributed by atoms with van der Waals surface area (Å²) in [6.07, 6.45) is 0. The molecule has 0 unspecified atom stereocenters. The zero-order valence-corrected chi connectivity index (χ0v) is 12.7. The van der Waals surface area contributed by atoms with E-state index in [9.17, 15) is 0 Å². The normalized spacial score (nSPS) is 10.5. The van der Waals surface area contributed by atoms with Crippen LogP contribution in [0.2, 0.25) is 0 Å². The maximum absolute atomic E-state index is 8.88. The summed E-state index contributed by atoms with van der Waals surface area (Å²) in [5.74, 6) is 1.40. The Bertz CT molecular complexity index is 513. The van der Waals surface area contributed by atoms with Crippen molar-refractivity contribution in [2.75, 3.05) is 5.32 Å². The van der Waals surface area contributed by atoms with E-state index >= 15 is 0 Å². The molecule has 0 atom stereocenters. The molecule has 0 aliphatic heterocycles. The van der Waals surface area contributed by atoms with Crippen LogP contribution in [0.3, 0.4) is 0 Å². The van der Waals surface area contributed by atoms with Crippen molar-refractivity contribution in [3.8, 4) is 0 Å². The molecular weight excluding hydrogens is 397 g/mol. The van der Waals surface area contributed by atoms with Crippen molar-refractivity contribution in [1.82, 2.24) is 0 Å². The van der Waals surface area contributed by atoms with Crippen molar-refractivity contribution < 1.29 is 9.52 Å². The number of anilines is 1. The number of aliphatic hydroxyl groups excluding tert-OH is 1. The van der Waals surface area contributed by atoms with Gasteiger partial charge in [-0.25, -0.2) is 0 Å². The molecule has 0 fully saturated rings. The highest BCUT2D eigenvalue weighted by molar-refractivity contribution is 14.1. The lowest BCUT2D eigenvalue weighted by molar-refractivity contribution is 0.244. The Morgan fingerprint density at radius 1 is 1.24 bits per heavy atom. The predicted molar refractivity (Wildman–Crippen MR) is 78.8 cm³/mol. The van der Waals surface area contributed by atoms with Crippen LogP contribution < -0.4 is 5.32 Å². The van der Waals surface area contributed by atoms with Crippen molar-refractivity contribution in [1.29, 1.82) is 0 Å². The lowest BCUT2D eigenvalue weighted by Crippen LogP contribution is -1.98. The third-order valence-corrected chi connectivity index (χ3v) is 4.60. The first-order valence-corrected chi connectivity index (χ1v) is 6.93. The Kier molecular flexibility index (Phi) is 4.47. The van der Waals surface area contributed by atoms with Crippen LogP contribution in [0.5, 0.6) is 0 Å². The summed E-state index contributed by atoms with van der Waals surface area (Å²) in [6.45, 7) is 0.544. The molecule has 0 bridgehead atoms. The van der Waals surface area contributed by atoms with Crippen LogP contribution in [-0.4, -0.2) is 5.11 Å². The number of hydrogen-bond donors (Lipinski definition) is 2. The number of rotatable bonds is 4. The molecule has 1 aromatic carbocycles. The minimum absolute atomic E-state index is 0.0604. The fraction of sp³-hybridized carbons (Fsp3) is 0.167. The molecule has 5 heteroatoms. The number of nitrogens with one attached hydrogen (secondary N) is 1. The van der Waals surface area contributed by atoms with Crippen molar-refractivity contribution in [2.24, 2.45) is 0 Å². The molecule has 2 N–H and O–H groups in total. The number of furan rings is 1. The van der Waals surface area contributed by atoms with Gasteiger partial charge >= 0.3 is 0 Å². The Morgan fingerprint density at radius 3 is 2.65 bits per heavy atom.